The first-order valence-corrected chi connectivity index (χ1v) is 6.32. The maximum absolute atomic E-state index is 10.6. The van der Waals surface area contributed by atoms with E-state index in [1.165, 1.54) is 6.07 Å². The van der Waals surface area contributed by atoms with E-state index in [0.29, 0.717) is 6.61 Å². The maximum atomic E-state index is 10.6. The topological polar surface area (TPSA) is 64.4 Å². The van der Waals surface area contributed by atoms with Crippen LogP contribution in [0.25, 0.3) is 0 Å². The Morgan fingerprint density at radius 1 is 1.59 bits per heavy atom. The van der Waals surface area contributed by atoms with Crippen LogP contribution in [0.15, 0.2) is 18.2 Å². The molecule has 0 aliphatic carbocycles. The molecule has 0 heterocycles. The summed E-state index contributed by atoms with van der Waals surface area (Å²) in [5, 5.41) is 13.9. The van der Waals surface area contributed by atoms with Crippen molar-refractivity contribution in [2.45, 2.75) is 19.4 Å². The number of ether oxygens (including phenoxy) is 1. The third kappa shape index (κ3) is 4.47. The van der Waals surface area contributed by atoms with E-state index >= 15 is 0 Å². The number of hydrogen-bond acceptors (Lipinski definition) is 4. The second-order valence-electron chi connectivity index (χ2n) is 3.75. The third-order valence-corrected chi connectivity index (χ3v) is 3.21. The molecule has 0 amide bonds. The van der Waals surface area contributed by atoms with Crippen LogP contribution < -0.4 is 5.32 Å². The van der Waals surface area contributed by atoms with Crippen LogP contribution in [0.4, 0.5) is 11.4 Å². The molecule has 0 spiro atoms. The molecular formula is C11H15IN2O3. The summed E-state index contributed by atoms with van der Waals surface area (Å²) in [7, 11) is 1.67. The van der Waals surface area contributed by atoms with E-state index < -0.39 is 0 Å². The van der Waals surface area contributed by atoms with Crippen LogP contribution in [0.2, 0.25) is 0 Å². The smallest absolute Gasteiger partial charge is 0.270 e. The zero-order chi connectivity index (χ0) is 12.8. The lowest BCUT2D eigenvalue weighted by molar-refractivity contribution is -0.384. The van der Waals surface area contributed by atoms with Crippen LogP contribution in [0.3, 0.4) is 0 Å². The number of nitrogens with zero attached hydrogens (tertiary/aromatic N) is 1. The zero-order valence-electron chi connectivity index (χ0n) is 9.77. The van der Waals surface area contributed by atoms with Gasteiger partial charge in [-0.2, -0.15) is 0 Å². The monoisotopic (exact) mass is 350 g/mol. The molecule has 0 saturated carbocycles. The van der Waals surface area contributed by atoms with Crippen molar-refractivity contribution in [2.24, 2.45) is 0 Å². The Kier molecular flexibility index (Phi) is 5.63. The van der Waals surface area contributed by atoms with Gasteiger partial charge in [-0.05, 0) is 42.0 Å². The van der Waals surface area contributed by atoms with Crippen LogP contribution in [-0.4, -0.2) is 24.7 Å². The lowest BCUT2D eigenvalue weighted by Gasteiger charge is -2.15. The van der Waals surface area contributed by atoms with E-state index in [0.717, 1.165) is 15.7 Å². The van der Waals surface area contributed by atoms with Gasteiger partial charge in [-0.15, -0.1) is 0 Å². The Labute approximate surface area is 114 Å². The van der Waals surface area contributed by atoms with Gasteiger partial charge in [0.2, 0.25) is 0 Å². The molecule has 6 heteroatoms. The van der Waals surface area contributed by atoms with E-state index in [2.05, 4.69) is 34.8 Å². The van der Waals surface area contributed by atoms with Gasteiger partial charge >= 0.3 is 0 Å². The Morgan fingerprint density at radius 2 is 2.29 bits per heavy atom. The number of anilines is 1. The van der Waals surface area contributed by atoms with Crippen LogP contribution in [-0.2, 0) is 4.74 Å². The molecule has 1 atom stereocenters. The van der Waals surface area contributed by atoms with E-state index in [1.54, 1.807) is 19.2 Å². The minimum atomic E-state index is -0.389. The van der Waals surface area contributed by atoms with Crippen molar-refractivity contribution in [2.75, 3.05) is 19.0 Å². The fourth-order valence-electron chi connectivity index (χ4n) is 1.37. The number of halogens is 1. The quantitative estimate of drug-likeness (QED) is 0.487. The number of rotatable bonds is 6. The van der Waals surface area contributed by atoms with Gasteiger partial charge in [-0.3, -0.25) is 10.1 Å². The molecule has 0 aromatic heterocycles. The Hall–Kier alpha value is -0.890. The molecule has 0 saturated heterocycles. The van der Waals surface area contributed by atoms with E-state index in [4.69, 9.17) is 4.74 Å². The highest BCUT2D eigenvalue weighted by Gasteiger charge is 2.10. The molecule has 1 unspecified atom stereocenters. The normalized spacial score (nSPS) is 12.2. The van der Waals surface area contributed by atoms with Crippen LogP contribution in [0.5, 0.6) is 0 Å². The van der Waals surface area contributed by atoms with Crippen molar-refractivity contribution in [1.29, 1.82) is 0 Å². The van der Waals surface area contributed by atoms with Crippen molar-refractivity contribution >= 4 is 34.0 Å². The molecule has 0 aliphatic heterocycles. The number of nitro groups is 1. The molecule has 94 valence electrons. The summed E-state index contributed by atoms with van der Waals surface area (Å²) < 4.78 is 5.85. The van der Waals surface area contributed by atoms with Gasteiger partial charge in [0.05, 0.1) is 4.92 Å². The maximum Gasteiger partial charge on any atom is 0.270 e. The van der Waals surface area contributed by atoms with Gasteiger partial charge in [-0.1, -0.05) is 0 Å². The molecule has 0 radical (unpaired) electrons. The average Bonchev–Trinajstić information content (AvgIpc) is 2.28. The number of nitrogens with one attached hydrogen (secondary N) is 1. The fraction of sp³-hybridized carbons (Fsp3) is 0.455. The first-order valence-electron chi connectivity index (χ1n) is 5.24. The van der Waals surface area contributed by atoms with Gasteiger partial charge in [-0.25, -0.2) is 0 Å². The Morgan fingerprint density at radius 3 is 2.82 bits per heavy atom. The number of methoxy groups -OCH3 is 1. The summed E-state index contributed by atoms with van der Waals surface area (Å²) in [5.74, 6) is 0. The summed E-state index contributed by atoms with van der Waals surface area (Å²) in [5.41, 5.74) is 1.03. The fourth-order valence-corrected chi connectivity index (χ4v) is 2.02. The summed E-state index contributed by atoms with van der Waals surface area (Å²) in [4.78, 5) is 10.2. The summed E-state index contributed by atoms with van der Waals surface area (Å²) in [6, 6.07) is 5.08. The molecule has 0 bridgehead atoms. The van der Waals surface area contributed by atoms with Gasteiger partial charge < -0.3 is 10.1 Å². The zero-order valence-corrected chi connectivity index (χ0v) is 11.9. The number of hydrogen-bond donors (Lipinski definition) is 1. The second kappa shape index (κ2) is 6.75. The molecular weight excluding hydrogens is 335 g/mol. The van der Waals surface area contributed by atoms with E-state index in [9.17, 15) is 10.1 Å². The van der Waals surface area contributed by atoms with Gasteiger partial charge in [0.25, 0.3) is 5.69 Å². The summed E-state index contributed by atoms with van der Waals surface area (Å²) in [6.45, 7) is 2.74. The van der Waals surface area contributed by atoms with Crippen LogP contribution in [0.1, 0.15) is 13.3 Å². The summed E-state index contributed by atoms with van der Waals surface area (Å²) >= 11 is 2.09. The predicted molar refractivity (Wildman–Crippen MR) is 75.4 cm³/mol. The van der Waals surface area contributed by atoms with Gasteiger partial charge in [0.1, 0.15) is 0 Å². The molecule has 1 rings (SSSR count). The van der Waals surface area contributed by atoms with Crippen LogP contribution in [0, 0.1) is 13.7 Å². The van der Waals surface area contributed by atoms with Gasteiger partial charge in [0, 0.05) is 41.1 Å². The Balaban J connectivity index is 2.69. The summed E-state index contributed by atoms with van der Waals surface area (Å²) in [6.07, 6.45) is 0.892. The van der Waals surface area contributed by atoms with E-state index in [1.807, 2.05) is 0 Å². The molecule has 17 heavy (non-hydrogen) atoms. The molecule has 0 fully saturated rings. The molecule has 1 aromatic rings. The first kappa shape index (κ1) is 14.2. The van der Waals surface area contributed by atoms with Crippen molar-refractivity contribution in [3.05, 3.63) is 31.9 Å². The minimum Gasteiger partial charge on any atom is -0.385 e. The lowest BCUT2D eigenvalue weighted by Crippen LogP contribution is -2.17. The van der Waals surface area contributed by atoms with Crippen molar-refractivity contribution in [1.82, 2.24) is 0 Å². The molecule has 1 N–H and O–H groups in total. The molecule has 0 aliphatic rings. The number of nitro benzene ring substituents is 1. The SMILES string of the molecule is COCCC(C)Nc1ccc([N+](=O)[O-])cc1I. The lowest BCUT2D eigenvalue weighted by atomic mass is 10.2. The highest BCUT2D eigenvalue weighted by Crippen LogP contribution is 2.24. The molecule has 1 aromatic carbocycles. The first-order chi connectivity index (χ1) is 8.04. The third-order valence-electron chi connectivity index (χ3n) is 2.32. The minimum absolute atomic E-state index is 0.115. The van der Waals surface area contributed by atoms with Crippen LogP contribution >= 0.6 is 22.6 Å². The van der Waals surface area contributed by atoms with Gasteiger partial charge in [0.15, 0.2) is 0 Å². The van der Waals surface area contributed by atoms with Crippen molar-refractivity contribution in [3.63, 3.8) is 0 Å². The Bertz CT molecular complexity index is 398. The van der Waals surface area contributed by atoms with E-state index in [-0.39, 0.29) is 16.7 Å². The molecule has 5 nitrogen and oxygen atoms in total. The highest BCUT2D eigenvalue weighted by atomic mass is 127. The van der Waals surface area contributed by atoms with Crippen molar-refractivity contribution in [3.8, 4) is 0 Å². The standard InChI is InChI=1S/C11H15IN2O3/c1-8(5-6-17-2)13-11-4-3-9(14(15)16)7-10(11)12/h3-4,7-8,13H,5-6H2,1-2H3. The average molecular weight is 350 g/mol. The largest absolute Gasteiger partial charge is 0.385 e. The van der Waals surface area contributed by atoms with Crippen molar-refractivity contribution < 1.29 is 9.66 Å². The highest BCUT2D eigenvalue weighted by molar-refractivity contribution is 14.1. The second-order valence-corrected chi connectivity index (χ2v) is 4.91. The number of benzene rings is 1. The predicted octanol–water partition coefficient (Wildman–Crippen LogP) is 3.04. The number of non-ortho nitro benzene ring substituents is 1.